The van der Waals surface area contributed by atoms with E-state index in [9.17, 15) is 9.59 Å². The van der Waals surface area contributed by atoms with Crippen LogP contribution in [0, 0.1) is 26.7 Å². The Labute approximate surface area is 157 Å². The Morgan fingerprint density at radius 2 is 1.77 bits per heavy atom. The third-order valence-electron chi connectivity index (χ3n) is 4.13. The summed E-state index contributed by atoms with van der Waals surface area (Å²) in [6.45, 7) is 6.02. The Kier molecular flexibility index (Phi) is 5.56. The van der Waals surface area contributed by atoms with E-state index in [-0.39, 0.29) is 23.5 Å². The van der Waals surface area contributed by atoms with E-state index in [0.717, 1.165) is 29.7 Å². The lowest BCUT2D eigenvalue weighted by Gasteiger charge is -2.12. The van der Waals surface area contributed by atoms with Crippen LogP contribution in [0.2, 0.25) is 0 Å². The van der Waals surface area contributed by atoms with E-state index in [0.29, 0.717) is 10.8 Å². The molecule has 3 rings (SSSR count). The molecule has 1 aliphatic carbocycles. The van der Waals surface area contributed by atoms with Gasteiger partial charge < -0.3 is 10.6 Å². The summed E-state index contributed by atoms with van der Waals surface area (Å²) in [6.07, 6.45) is 1.89. The van der Waals surface area contributed by atoms with Crippen LogP contribution in [0.5, 0.6) is 0 Å². The molecule has 0 radical (unpaired) electrons. The van der Waals surface area contributed by atoms with Crippen molar-refractivity contribution in [2.75, 3.05) is 16.4 Å². The summed E-state index contributed by atoms with van der Waals surface area (Å²) in [5, 5.41) is 14.4. The standard InChI is InChI=1S/C19H22N4O2S/c1-11-8-12(2)18(13(3)9-11)21-16(24)10-26-17-7-6-15(22-23-17)20-19(25)14-4-5-14/h6-9,14H,4-5,10H2,1-3H3,(H,21,24)(H,20,22,25). The van der Waals surface area contributed by atoms with Crippen molar-refractivity contribution in [2.45, 2.75) is 38.6 Å². The molecule has 6 nitrogen and oxygen atoms in total. The van der Waals surface area contributed by atoms with Crippen molar-refractivity contribution in [3.63, 3.8) is 0 Å². The largest absolute Gasteiger partial charge is 0.325 e. The minimum absolute atomic E-state index is 0.00270. The maximum Gasteiger partial charge on any atom is 0.234 e. The van der Waals surface area contributed by atoms with E-state index in [1.165, 1.54) is 17.3 Å². The molecule has 0 aliphatic heterocycles. The van der Waals surface area contributed by atoms with Crippen LogP contribution < -0.4 is 10.6 Å². The highest BCUT2D eigenvalue weighted by Crippen LogP contribution is 2.30. The summed E-state index contributed by atoms with van der Waals surface area (Å²) >= 11 is 1.31. The Morgan fingerprint density at radius 3 is 2.35 bits per heavy atom. The fraction of sp³-hybridized carbons (Fsp3) is 0.368. The van der Waals surface area contributed by atoms with Gasteiger partial charge in [0.1, 0.15) is 5.03 Å². The number of hydrogen-bond acceptors (Lipinski definition) is 5. The van der Waals surface area contributed by atoms with Crippen molar-refractivity contribution in [3.05, 3.63) is 41.0 Å². The molecule has 0 unspecified atom stereocenters. The Bertz CT molecular complexity index is 809. The molecule has 0 saturated heterocycles. The van der Waals surface area contributed by atoms with Crippen LogP contribution in [-0.4, -0.2) is 27.8 Å². The first-order valence-electron chi connectivity index (χ1n) is 8.57. The first kappa shape index (κ1) is 18.4. The van der Waals surface area contributed by atoms with Gasteiger partial charge in [-0.1, -0.05) is 29.5 Å². The average molecular weight is 370 g/mol. The van der Waals surface area contributed by atoms with Gasteiger partial charge in [-0.3, -0.25) is 9.59 Å². The van der Waals surface area contributed by atoms with Gasteiger partial charge in [-0.05, 0) is 56.9 Å². The van der Waals surface area contributed by atoms with Crippen LogP contribution in [0.25, 0.3) is 0 Å². The number of aryl methyl sites for hydroxylation is 3. The highest BCUT2D eigenvalue weighted by molar-refractivity contribution is 7.99. The van der Waals surface area contributed by atoms with Gasteiger partial charge in [0.25, 0.3) is 0 Å². The number of anilines is 2. The van der Waals surface area contributed by atoms with Crippen molar-refractivity contribution < 1.29 is 9.59 Å². The second-order valence-corrected chi connectivity index (χ2v) is 7.63. The molecular weight excluding hydrogens is 348 g/mol. The van der Waals surface area contributed by atoms with Crippen LogP contribution in [0.1, 0.15) is 29.5 Å². The summed E-state index contributed by atoms with van der Waals surface area (Å²) in [6, 6.07) is 7.57. The predicted octanol–water partition coefficient (Wildman–Crippen LogP) is 3.48. The van der Waals surface area contributed by atoms with Gasteiger partial charge in [0.05, 0.1) is 5.75 Å². The minimum Gasteiger partial charge on any atom is -0.325 e. The zero-order valence-electron chi connectivity index (χ0n) is 15.1. The van der Waals surface area contributed by atoms with Gasteiger partial charge in [-0.2, -0.15) is 0 Å². The smallest absolute Gasteiger partial charge is 0.234 e. The lowest BCUT2D eigenvalue weighted by atomic mass is 10.1. The van der Waals surface area contributed by atoms with Crippen molar-refractivity contribution in [3.8, 4) is 0 Å². The number of rotatable bonds is 6. The van der Waals surface area contributed by atoms with Crippen LogP contribution in [0.15, 0.2) is 29.3 Å². The lowest BCUT2D eigenvalue weighted by molar-refractivity contribution is -0.117. The van der Waals surface area contributed by atoms with Gasteiger partial charge in [0, 0.05) is 11.6 Å². The fourth-order valence-corrected chi connectivity index (χ4v) is 3.34. The molecule has 2 N–H and O–H groups in total. The second-order valence-electron chi connectivity index (χ2n) is 6.63. The van der Waals surface area contributed by atoms with E-state index >= 15 is 0 Å². The first-order valence-corrected chi connectivity index (χ1v) is 9.56. The number of nitrogens with one attached hydrogen (secondary N) is 2. The summed E-state index contributed by atoms with van der Waals surface area (Å²) in [5.74, 6) is 0.737. The molecule has 0 spiro atoms. The number of hydrogen-bond donors (Lipinski definition) is 2. The van der Waals surface area contributed by atoms with Gasteiger partial charge in [0.2, 0.25) is 11.8 Å². The highest BCUT2D eigenvalue weighted by Gasteiger charge is 2.29. The molecule has 0 bridgehead atoms. The van der Waals surface area contributed by atoms with Crippen molar-refractivity contribution in [2.24, 2.45) is 5.92 Å². The maximum absolute atomic E-state index is 12.2. The van der Waals surface area contributed by atoms with Crippen LogP contribution in [-0.2, 0) is 9.59 Å². The molecule has 26 heavy (non-hydrogen) atoms. The Morgan fingerprint density at radius 1 is 1.08 bits per heavy atom. The number of thioether (sulfide) groups is 1. The summed E-state index contributed by atoms with van der Waals surface area (Å²) < 4.78 is 0. The number of carbonyl (C=O) groups excluding carboxylic acids is 2. The predicted molar refractivity (Wildman–Crippen MR) is 103 cm³/mol. The molecule has 0 atom stereocenters. The third-order valence-corrected chi connectivity index (χ3v) is 5.05. The van der Waals surface area contributed by atoms with Gasteiger partial charge in [-0.15, -0.1) is 10.2 Å². The number of carbonyl (C=O) groups is 2. The summed E-state index contributed by atoms with van der Waals surface area (Å²) in [4.78, 5) is 23.9. The zero-order valence-corrected chi connectivity index (χ0v) is 15.9. The molecule has 1 saturated carbocycles. The van der Waals surface area contributed by atoms with Gasteiger partial charge >= 0.3 is 0 Å². The Hall–Kier alpha value is -2.41. The highest BCUT2D eigenvalue weighted by atomic mass is 32.2. The molecule has 1 aromatic heterocycles. The topological polar surface area (TPSA) is 84.0 Å². The number of aromatic nitrogens is 2. The van der Waals surface area contributed by atoms with Crippen LogP contribution >= 0.6 is 11.8 Å². The normalized spacial score (nSPS) is 13.3. The monoisotopic (exact) mass is 370 g/mol. The van der Waals surface area contributed by atoms with Crippen LogP contribution in [0.3, 0.4) is 0 Å². The average Bonchev–Trinajstić information content (AvgIpc) is 3.42. The van der Waals surface area contributed by atoms with Gasteiger partial charge in [-0.25, -0.2) is 0 Å². The molecule has 1 aliphatic rings. The molecule has 1 fully saturated rings. The van der Waals surface area contributed by atoms with Gasteiger partial charge in [0.15, 0.2) is 5.82 Å². The number of amides is 2. The molecule has 2 amide bonds. The van der Waals surface area contributed by atoms with Crippen molar-refractivity contribution in [1.29, 1.82) is 0 Å². The summed E-state index contributed by atoms with van der Waals surface area (Å²) in [5.41, 5.74) is 4.15. The SMILES string of the molecule is Cc1cc(C)c(NC(=O)CSc2ccc(NC(=O)C3CC3)nn2)c(C)c1. The molecule has 1 aromatic carbocycles. The van der Waals surface area contributed by atoms with Crippen LogP contribution in [0.4, 0.5) is 11.5 Å². The molecule has 1 heterocycles. The number of benzene rings is 1. The van der Waals surface area contributed by atoms with E-state index < -0.39 is 0 Å². The third kappa shape index (κ3) is 4.82. The van der Waals surface area contributed by atoms with E-state index in [1.807, 2.05) is 20.8 Å². The molecule has 136 valence electrons. The fourth-order valence-electron chi connectivity index (χ4n) is 2.73. The lowest BCUT2D eigenvalue weighted by Crippen LogP contribution is -2.16. The first-order chi connectivity index (χ1) is 12.4. The van der Waals surface area contributed by atoms with Crippen molar-refractivity contribution >= 4 is 35.1 Å². The van der Waals surface area contributed by atoms with E-state index in [4.69, 9.17) is 0 Å². The van der Waals surface area contributed by atoms with E-state index in [1.54, 1.807) is 12.1 Å². The zero-order chi connectivity index (χ0) is 18.7. The summed E-state index contributed by atoms with van der Waals surface area (Å²) in [7, 11) is 0. The molecule has 2 aromatic rings. The number of nitrogens with zero attached hydrogens (tertiary/aromatic N) is 2. The van der Waals surface area contributed by atoms with E-state index in [2.05, 4.69) is 33.0 Å². The quantitative estimate of drug-likeness (QED) is 0.761. The minimum atomic E-state index is -0.0852. The van der Waals surface area contributed by atoms with Crippen molar-refractivity contribution in [1.82, 2.24) is 10.2 Å². The molecule has 7 heteroatoms. The second kappa shape index (κ2) is 7.86. The maximum atomic E-state index is 12.2. The Balaban J connectivity index is 1.52. The molecular formula is C19H22N4O2S.